The van der Waals surface area contributed by atoms with Crippen LogP contribution in [0.4, 0.5) is 4.39 Å². The molecule has 4 heterocycles. The van der Waals surface area contributed by atoms with E-state index in [0.29, 0.717) is 17.9 Å². The first kappa shape index (κ1) is 15.8. The van der Waals surface area contributed by atoms with E-state index in [0.717, 1.165) is 24.9 Å². The van der Waals surface area contributed by atoms with Gasteiger partial charge in [0.1, 0.15) is 6.10 Å². The molecule has 0 radical (unpaired) electrons. The van der Waals surface area contributed by atoms with E-state index >= 15 is 0 Å². The number of ether oxygens (including phenoxy) is 2. The van der Waals surface area contributed by atoms with Gasteiger partial charge in [0.05, 0.1) is 24.4 Å². The molecule has 0 saturated carbocycles. The Balaban J connectivity index is 1.76. The van der Waals surface area contributed by atoms with Crippen LogP contribution in [0.5, 0.6) is 11.8 Å². The fraction of sp³-hybridized carbons (Fsp3) is 0.353. The highest BCUT2D eigenvalue weighted by Gasteiger charge is 2.23. The molecule has 1 aliphatic rings. The summed E-state index contributed by atoms with van der Waals surface area (Å²) in [7, 11) is 1.37. The molecule has 7 nitrogen and oxygen atoms in total. The summed E-state index contributed by atoms with van der Waals surface area (Å²) in [6.07, 6.45) is 5.18. The quantitative estimate of drug-likeness (QED) is 0.782. The number of hydrogen-bond donors (Lipinski definition) is 1. The predicted molar refractivity (Wildman–Crippen MR) is 89.2 cm³/mol. The molecular weight excluding hydrogens is 325 g/mol. The summed E-state index contributed by atoms with van der Waals surface area (Å²) >= 11 is 0. The van der Waals surface area contributed by atoms with Gasteiger partial charge in [0.25, 0.3) is 11.8 Å². The van der Waals surface area contributed by atoms with E-state index in [9.17, 15) is 4.39 Å². The summed E-state index contributed by atoms with van der Waals surface area (Å²) in [5.41, 5.74) is 1.51. The average molecular weight is 343 g/mol. The van der Waals surface area contributed by atoms with Gasteiger partial charge in [-0.3, -0.25) is 0 Å². The van der Waals surface area contributed by atoms with E-state index in [-0.39, 0.29) is 17.9 Å². The molecule has 0 aromatic carbocycles. The minimum absolute atomic E-state index is 0.0918. The maximum absolute atomic E-state index is 14.5. The Hall–Kier alpha value is -2.74. The van der Waals surface area contributed by atoms with Crippen molar-refractivity contribution >= 4 is 5.52 Å². The van der Waals surface area contributed by atoms with Crippen LogP contribution in [0, 0.1) is 5.82 Å². The molecule has 130 valence electrons. The Labute approximate surface area is 143 Å². The normalized spacial score (nSPS) is 17.6. The summed E-state index contributed by atoms with van der Waals surface area (Å²) < 4.78 is 27.1. The van der Waals surface area contributed by atoms with Crippen molar-refractivity contribution in [3.8, 4) is 23.1 Å². The van der Waals surface area contributed by atoms with E-state index in [1.54, 1.807) is 10.7 Å². The van der Waals surface area contributed by atoms with Crippen LogP contribution in [0.3, 0.4) is 0 Å². The Morgan fingerprint density at radius 2 is 2.16 bits per heavy atom. The third kappa shape index (κ3) is 3.00. The van der Waals surface area contributed by atoms with Gasteiger partial charge in [0, 0.05) is 12.7 Å². The summed E-state index contributed by atoms with van der Waals surface area (Å²) in [5, 5.41) is 7.50. The lowest BCUT2D eigenvalue weighted by molar-refractivity contribution is 0.151. The minimum atomic E-state index is -0.687. The van der Waals surface area contributed by atoms with Crippen LogP contribution in [0.25, 0.3) is 16.9 Å². The number of nitrogens with one attached hydrogen (secondary N) is 1. The molecule has 3 aromatic heterocycles. The predicted octanol–water partition coefficient (Wildman–Crippen LogP) is 2.07. The number of piperidine rings is 1. The van der Waals surface area contributed by atoms with Crippen molar-refractivity contribution in [2.24, 2.45) is 0 Å². The van der Waals surface area contributed by atoms with Crippen LogP contribution in [0.1, 0.15) is 12.8 Å². The van der Waals surface area contributed by atoms with Crippen molar-refractivity contribution in [1.29, 1.82) is 0 Å². The van der Waals surface area contributed by atoms with Crippen LogP contribution in [0.2, 0.25) is 0 Å². The third-order valence-corrected chi connectivity index (χ3v) is 4.18. The molecule has 0 spiro atoms. The zero-order valence-electron chi connectivity index (χ0n) is 13.8. The number of nitrogens with zero attached hydrogens (tertiary/aromatic N) is 4. The summed E-state index contributed by atoms with van der Waals surface area (Å²) in [4.78, 5) is 8.48. The van der Waals surface area contributed by atoms with E-state index in [4.69, 9.17) is 9.47 Å². The van der Waals surface area contributed by atoms with Gasteiger partial charge >= 0.3 is 0 Å². The molecule has 8 heteroatoms. The van der Waals surface area contributed by atoms with Crippen molar-refractivity contribution in [1.82, 2.24) is 24.9 Å². The van der Waals surface area contributed by atoms with Crippen LogP contribution in [-0.4, -0.2) is 45.9 Å². The zero-order valence-corrected chi connectivity index (χ0v) is 13.8. The van der Waals surface area contributed by atoms with Gasteiger partial charge in [-0.1, -0.05) is 6.07 Å². The Kier molecular flexibility index (Phi) is 4.19. The molecule has 25 heavy (non-hydrogen) atoms. The smallest absolute Gasteiger partial charge is 0.258 e. The van der Waals surface area contributed by atoms with Crippen molar-refractivity contribution in [3.63, 3.8) is 0 Å². The molecule has 1 fully saturated rings. The lowest BCUT2D eigenvalue weighted by Gasteiger charge is -2.23. The van der Waals surface area contributed by atoms with Gasteiger partial charge in [0.15, 0.2) is 5.82 Å². The fourth-order valence-electron chi connectivity index (χ4n) is 2.93. The first-order valence-corrected chi connectivity index (χ1v) is 8.18. The number of halogens is 1. The minimum Gasteiger partial charge on any atom is -0.479 e. The second kappa shape index (κ2) is 6.64. The average Bonchev–Trinajstić information content (AvgIpc) is 3.08. The van der Waals surface area contributed by atoms with Gasteiger partial charge in [0.2, 0.25) is 5.82 Å². The van der Waals surface area contributed by atoms with Crippen LogP contribution in [0.15, 0.2) is 30.6 Å². The summed E-state index contributed by atoms with van der Waals surface area (Å²) in [6, 6.07) is 5.67. The van der Waals surface area contributed by atoms with Gasteiger partial charge in [-0.15, -0.1) is 0 Å². The number of rotatable bonds is 4. The molecule has 1 N–H and O–H groups in total. The largest absolute Gasteiger partial charge is 0.479 e. The van der Waals surface area contributed by atoms with Gasteiger partial charge in [-0.2, -0.15) is 19.5 Å². The molecule has 0 bridgehead atoms. The molecule has 1 atom stereocenters. The van der Waals surface area contributed by atoms with Gasteiger partial charge in [-0.05, 0) is 31.5 Å². The lowest BCUT2D eigenvalue weighted by Crippen LogP contribution is -2.37. The van der Waals surface area contributed by atoms with Crippen LogP contribution in [-0.2, 0) is 0 Å². The molecular formula is C17H18FN5O2. The van der Waals surface area contributed by atoms with E-state index in [1.165, 1.54) is 7.11 Å². The Morgan fingerprint density at radius 1 is 1.28 bits per heavy atom. The fourth-order valence-corrected chi connectivity index (χ4v) is 2.93. The molecule has 0 aliphatic carbocycles. The van der Waals surface area contributed by atoms with Crippen molar-refractivity contribution in [3.05, 3.63) is 36.4 Å². The number of fused-ring (bicyclic) bond motifs is 1. The first-order chi connectivity index (χ1) is 12.3. The molecule has 1 saturated heterocycles. The summed E-state index contributed by atoms with van der Waals surface area (Å²) in [5.74, 6) is -0.601. The number of aromatic nitrogens is 4. The van der Waals surface area contributed by atoms with E-state index in [2.05, 4.69) is 20.4 Å². The van der Waals surface area contributed by atoms with E-state index < -0.39 is 5.82 Å². The number of pyridine rings is 1. The second-order valence-electron chi connectivity index (χ2n) is 5.85. The molecule has 1 aliphatic heterocycles. The lowest BCUT2D eigenvalue weighted by atomic mass is 10.1. The van der Waals surface area contributed by atoms with Crippen molar-refractivity contribution < 1.29 is 13.9 Å². The van der Waals surface area contributed by atoms with Crippen LogP contribution < -0.4 is 14.8 Å². The molecule has 3 aromatic rings. The third-order valence-electron chi connectivity index (χ3n) is 4.18. The number of hydrogen-bond acceptors (Lipinski definition) is 6. The highest BCUT2D eigenvalue weighted by atomic mass is 19.1. The SMILES string of the molecule is COc1nc(-c2cnn3ccccc23)nc(O[C@@H]2CCCNC2)c1F. The van der Waals surface area contributed by atoms with Crippen molar-refractivity contribution in [2.75, 3.05) is 20.2 Å². The summed E-state index contributed by atoms with van der Waals surface area (Å²) in [6.45, 7) is 1.61. The molecule has 4 rings (SSSR count). The monoisotopic (exact) mass is 343 g/mol. The Morgan fingerprint density at radius 3 is 2.96 bits per heavy atom. The topological polar surface area (TPSA) is 73.6 Å². The van der Waals surface area contributed by atoms with Gasteiger partial charge in [-0.25, -0.2) is 4.52 Å². The maximum atomic E-state index is 14.5. The van der Waals surface area contributed by atoms with E-state index in [1.807, 2.05) is 24.4 Å². The first-order valence-electron chi connectivity index (χ1n) is 8.18. The molecule has 0 unspecified atom stereocenters. The highest BCUT2D eigenvalue weighted by Crippen LogP contribution is 2.30. The maximum Gasteiger partial charge on any atom is 0.258 e. The van der Waals surface area contributed by atoms with Crippen LogP contribution >= 0.6 is 0 Å². The number of methoxy groups -OCH3 is 1. The van der Waals surface area contributed by atoms with Gasteiger partial charge < -0.3 is 14.8 Å². The second-order valence-corrected chi connectivity index (χ2v) is 5.85. The Bertz CT molecular complexity index is 892. The van der Waals surface area contributed by atoms with Crippen molar-refractivity contribution in [2.45, 2.75) is 18.9 Å². The molecule has 0 amide bonds. The highest BCUT2D eigenvalue weighted by molar-refractivity contribution is 5.75. The standard InChI is InChI=1S/C17H18FN5O2/c1-24-16-14(18)17(25-11-5-4-7-19-9-11)22-15(21-16)12-10-20-23-8-3-2-6-13(12)23/h2-3,6,8,10-11,19H,4-5,7,9H2,1H3/t11-/m1/s1. The zero-order chi connectivity index (χ0) is 17.2.